The highest BCUT2D eigenvalue weighted by Crippen LogP contribution is 2.35. The molecule has 3 atom stereocenters. The maximum atomic E-state index is 11.1. The fourth-order valence-electron chi connectivity index (χ4n) is 0.903. The summed E-state index contributed by atoms with van der Waals surface area (Å²) in [5.41, 5.74) is 0. The predicted octanol–water partition coefficient (Wildman–Crippen LogP) is -2.61. The highest BCUT2D eigenvalue weighted by atomic mass is 31.2. The van der Waals surface area contributed by atoms with Gasteiger partial charge in [-0.1, -0.05) is 0 Å². The van der Waals surface area contributed by atoms with E-state index in [4.69, 9.17) is 9.79 Å². The van der Waals surface area contributed by atoms with Crippen molar-refractivity contribution in [2.75, 3.05) is 20.3 Å². The number of aliphatic hydroxyl groups excluding tert-OH is 3. The first-order valence-corrected chi connectivity index (χ1v) is 5.98. The lowest BCUT2D eigenvalue weighted by Crippen LogP contribution is -2.45. The second-order valence-electron chi connectivity index (χ2n) is 3.19. The number of Topliss-reactive ketones (excluding diaryl/α,β-unsaturated/α-hetero) is 1. The van der Waals surface area contributed by atoms with Crippen LogP contribution in [0.4, 0.5) is 0 Å². The molecule has 0 saturated heterocycles. The Labute approximate surface area is 96.8 Å². The maximum absolute atomic E-state index is 11.1. The van der Waals surface area contributed by atoms with Crippen molar-refractivity contribution in [1.29, 1.82) is 0 Å². The van der Waals surface area contributed by atoms with Crippen LogP contribution in [0, 0.1) is 0 Å². The van der Waals surface area contributed by atoms with Gasteiger partial charge in [-0.05, 0) is 0 Å². The van der Waals surface area contributed by atoms with Gasteiger partial charge in [0.2, 0.25) is 0 Å². The molecule has 0 radical (unpaired) electrons. The van der Waals surface area contributed by atoms with Gasteiger partial charge in [0.25, 0.3) is 0 Å². The second kappa shape index (κ2) is 7.14. The zero-order valence-corrected chi connectivity index (χ0v) is 9.86. The molecule has 0 aromatic heterocycles. The smallest absolute Gasteiger partial charge is 0.388 e. The SMILES string of the molecule is COCC(O)[C@@H](O)[C@@H](O)C(=O)COP(=O)(O)O. The Balaban J connectivity index is 4.25. The summed E-state index contributed by atoms with van der Waals surface area (Å²) in [6.07, 6.45) is -5.36. The van der Waals surface area contributed by atoms with E-state index in [1.165, 1.54) is 7.11 Å². The van der Waals surface area contributed by atoms with Crippen molar-refractivity contribution in [3.63, 3.8) is 0 Å². The predicted molar refractivity (Wildman–Crippen MR) is 52.9 cm³/mol. The quantitative estimate of drug-likeness (QED) is 0.299. The van der Waals surface area contributed by atoms with Crippen LogP contribution in [0.2, 0.25) is 0 Å². The Bertz CT molecular complexity index is 287. The molecule has 0 fully saturated rings. The topological polar surface area (TPSA) is 154 Å². The van der Waals surface area contributed by atoms with Gasteiger partial charge in [-0.3, -0.25) is 9.32 Å². The van der Waals surface area contributed by atoms with E-state index in [0.717, 1.165) is 0 Å². The van der Waals surface area contributed by atoms with Gasteiger partial charge in [0.15, 0.2) is 5.78 Å². The summed E-state index contributed by atoms with van der Waals surface area (Å²) in [5.74, 6) is -1.17. The molecule has 0 aliphatic carbocycles. The van der Waals surface area contributed by atoms with Crippen LogP contribution >= 0.6 is 7.82 Å². The van der Waals surface area contributed by atoms with Crippen molar-refractivity contribution in [3.8, 4) is 0 Å². The lowest BCUT2D eigenvalue weighted by atomic mass is 10.1. The van der Waals surface area contributed by atoms with Crippen molar-refractivity contribution >= 4 is 13.6 Å². The average Bonchev–Trinajstić information content (AvgIpc) is 2.23. The van der Waals surface area contributed by atoms with Crippen LogP contribution in [0.5, 0.6) is 0 Å². The Kier molecular flexibility index (Phi) is 6.98. The number of carbonyl (C=O) groups is 1. The number of phosphoric ester groups is 1. The van der Waals surface area contributed by atoms with Gasteiger partial charge >= 0.3 is 7.82 Å². The monoisotopic (exact) mass is 274 g/mol. The van der Waals surface area contributed by atoms with Gasteiger partial charge < -0.3 is 29.8 Å². The molecule has 0 rings (SSSR count). The molecule has 10 heteroatoms. The molecular weight excluding hydrogens is 259 g/mol. The molecule has 0 bridgehead atoms. The molecule has 5 N–H and O–H groups in total. The number of phosphoric acid groups is 1. The number of methoxy groups -OCH3 is 1. The Hall–Kier alpha value is -0.380. The molecule has 9 nitrogen and oxygen atoms in total. The van der Waals surface area contributed by atoms with Crippen molar-refractivity contribution in [3.05, 3.63) is 0 Å². The molecule has 0 spiro atoms. The third-order valence-electron chi connectivity index (χ3n) is 1.76. The van der Waals surface area contributed by atoms with E-state index >= 15 is 0 Å². The van der Waals surface area contributed by atoms with Crippen molar-refractivity contribution in [1.82, 2.24) is 0 Å². The normalized spacial score (nSPS) is 17.5. The van der Waals surface area contributed by atoms with Gasteiger partial charge in [-0.2, -0.15) is 0 Å². The van der Waals surface area contributed by atoms with E-state index in [1.807, 2.05) is 0 Å². The Morgan fingerprint density at radius 2 is 1.82 bits per heavy atom. The molecular formula is C7H15O9P. The lowest BCUT2D eigenvalue weighted by molar-refractivity contribution is -0.143. The van der Waals surface area contributed by atoms with Gasteiger partial charge in [0.05, 0.1) is 6.61 Å². The highest BCUT2D eigenvalue weighted by Gasteiger charge is 2.31. The summed E-state index contributed by atoms with van der Waals surface area (Å²) < 4.78 is 18.6. The molecule has 1 unspecified atom stereocenters. The average molecular weight is 274 g/mol. The molecule has 0 aromatic carbocycles. The minimum Gasteiger partial charge on any atom is -0.388 e. The van der Waals surface area contributed by atoms with E-state index < -0.39 is 38.5 Å². The maximum Gasteiger partial charge on any atom is 0.470 e. The number of hydrogen-bond acceptors (Lipinski definition) is 7. The second-order valence-corrected chi connectivity index (χ2v) is 4.43. The largest absolute Gasteiger partial charge is 0.470 e. The summed E-state index contributed by atoms with van der Waals surface area (Å²) >= 11 is 0. The number of ketones is 1. The minimum absolute atomic E-state index is 0.315. The number of hydrogen-bond donors (Lipinski definition) is 5. The van der Waals surface area contributed by atoms with E-state index in [0.29, 0.717) is 0 Å². The Morgan fingerprint density at radius 3 is 2.24 bits per heavy atom. The van der Waals surface area contributed by atoms with Crippen molar-refractivity contribution < 1.29 is 43.7 Å². The fourth-order valence-corrected chi connectivity index (χ4v) is 1.20. The third-order valence-corrected chi connectivity index (χ3v) is 2.23. The first kappa shape index (κ1) is 16.6. The molecule has 0 heterocycles. The zero-order valence-electron chi connectivity index (χ0n) is 8.96. The highest BCUT2D eigenvalue weighted by molar-refractivity contribution is 7.46. The van der Waals surface area contributed by atoms with Crippen LogP contribution in [-0.4, -0.2) is 69.5 Å². The fraction of sp³-hybridized carbons (Fsp3) is 0.857. The zero-order chi connectivity index (χ0) is 13.6. The molecule has 0 amide bonds. The molecule has 0 aliphatic heterocycles. The number of aliphatic hydroxyl groups is 3. The summed E-state index contributed by atoms with van der Waals surface area (Å²) in [4.78, 5) is 27.7. The summed E-state index contributed by atoms with van der Waals surface area (Å²) in [7, 11) is -3.59. The van der Waals surface area contributed by atoms with Crippen LogP contribution in [0.15, 0.2) is 0 Å². The molecule has 102 valence electrons. The van der Waals surface area contributed by atoms with E-state index in [9.17, 15) is 24.7 Å². The minimum atomic E-state index is -4.83. The van der Waals surface area contributed by atoms with Gasteiger partial charge in [-0.25, -0.2) is 4.57 Å². The summed E-state index contributed by atoms with van der Waals surface area (Å²) in [5, 5.41) is 27.7. The molecule has 0 aliphatic rings. The van der Waals surface area contributed by atoms with Crippen molar-refractivity contribution in [2.24, 2.45) is 0 Å². The summed E-state index contributed by atoms with van der Waals surface area (Å²) in [6, 6.07) is 0. The molecule has 0 saturated carbocycles. The lowest BCUT2D eigenvalue weighted by Gasteiger charge is -2.21. The first-order valence-electron chi connectivity index (χ1n) is 4.45. The molecule has 0 aromatic rings. The van der Waals surface area contributed by atoms with E-state index in [-0.39, 0.29) is 6.61 Å². The van der Waals surface area contributed by atoms with Crippen LogP contribution in [0.1, 0.15) is 0 Å². The van der Waals surface area contributed by atoms with Gasteiger partial charge in [0.1, 0.15) is 24.9 Å². The van der Waals surface area contributed by atoms with E-state index in [1.54, 1.807) is 0 Å². The van der Waals surface area contributed by atoms with Crippen LogP contribution < -0.4 is 0 Å². The first-order chi connectivity index (χ1) is 7.69. The number of carbonyl (C=O) groups excluding carboxylic acids is 1. The van der Waals surface area contributed by atoms with Crippen LogP contribution in [-0.2, 0) is 18.6 Å². The number of ether oxygens (including phenoxy) is 1. The van der Waals surface area contributed by atoms with Gasteiger partial charge in [0, 0.05) is 7.11 Å². The Morgan fingerprint density at radius 1 is 1.29 bits per heavy atom. The van der Waals surface area contributed by atoms with E-state index in [2.05, 4.69) is 9.26 Å². The van der Waals surface area contributed by atoms with Crippen molar-refractivity contribution in [2.45, 2.75) is 18.3 Å². The standard InChI is InChI=1S/C7H15O9P/c1-15-2-4(8)6(10)7(11)5(9)3-16-17(12,13)14/h4,6-8,10-11H,2-3H2,1H3,(H2,12,13,14)/t4?,6-,7+/m1/s1. The van der Waals surface area contributed by atoms with Crippen LogP contribution in [0.3, 0.4) is 0 Å². The van der Waals surface area contributed by atoms with Crippen LogP contribution in [0.25, 0.3) is 0 Å². The number of rotatable bonds is 8. The molecule has 17 heavy (non-hydrogen) atoms. The third kappa shape index (κ3) is 6.81. The summed E-state index contributed by atoms with van der Waals surface area (Å²) in [6.45, 7) is -1.40. The van der Waals surface area contributed by atoms with Gasteiger partial charge in [-0.15, -0.1) is 0 Å².